The number of fused-ring (bicyclic) bond motifs is 3. The molecule has 0 atom stereocenters. The normalized spacial score (nSPS) is 11.2. The summed E-state index contributed by atoms with van der Waals surface area (Å²) in [5.74, 6) is 0. The predicted octanol–water partition coefficient (Wildman–Crippen LogP) is 9.18. The van der Waals surface area contributed by atoms with Gasteiger partial charge in [-0.1, -0.05) is 35.7 Å². The zero-order chi connectivity index (χ0) is 25.3. The van der Waals surface area contributed by atoms with E-state index >= 15 is 0 Å². The van der Waals surface area contributed by atoms with Crippen LogP contribution in [0.25, 0.3) is 21.5 Å². The van der Waals surface area contributed by atoms with Crippen LogP contribution in [-0.4, -0.2) is 17.3 Å². The molecule has 0 aromatic heterocycles. The van der Waals surface area contributed by atoms with E-state index in [0.717, 1.165) is 6.42 Å². The van der Waals surface area contributed by atoms with E-state index in [1.807, 2.05) is 6.08 Å². The summed E-state index contributed by atoms with van der Waals surface area (Å²) < 4.78 is 1.42. The van der Waals surface area contributed by atoms with Gasteiger partial charge in [-0.2, -0.15) is 6.08 Å². The Bertz CT molecular complexity index is 1440. The number of allylic oxidation sites excluding steroid dienone is 4. The molecule has 5 aromatic carbocycles. The molecule has 0 unspecified atom stereocenters. The Morgan fingerprint density at radius 3 is 1.79 bits per heavy atom. The predicted molar refractivity (Wildman–Crippen MR) is 166 cm³/mol. The van der Waals surface area contributed by atoms with Crippen molar-refractivity contribution in [2.24, 2.45) is 0 Å². The number of rotatable bonds is 3. The van der Waals surface area contributed by atoms with Crippen molar-refractivity contribution in [3.63, 3.8) is 0 Å². The molecule has 6 rings (SSSR count). The number of nitrogens with zero attached hydrogens (tertiary/aromatic N) is 1. The zero-order valence-corrected chi connectivity index (χ0v) is 25.7. The third kappa shape index (κ3) is 7.89. The van der Waals surface area contributed by atoms with E-state index in [2.05, 4.69) is 147 Å². The second-order valence-corrected chi connectivity index (χ2v) is 10.2. The quantitative estimate of drug-likeness (QED) is 0.194. The first-order valence-corrected chi connectivity index (χ1v) is 13.4. The van der Waals surface area contributed by atoms with E-state index in [4.69, 9.17) is 0 Å². The van der Waals surface area contributed by atoms with E-state index in [1.54, 1.807) is 0 Å². The maximum atomic E-state index is 3.05. The van der Waals surface area contributed by atoms with Crippen molar-refractivity contribution in [2.45, 2.75) is 13.3 Å². The van der Waals surface area contributed by atoms with E-state index in [1.165, 1.54) is 71.4 Å². The number of anilines is 1. The van der Waals surface area contributed by atoms with Gasteiger partial charge in [0, 0.05) is 19.8 Å². The Balaban J connectivity index is 0.000000212. The number of hydrogen-bond acceptors (Lipinski definition) is 1. The number of benzene rings is 4. The molecule has 0 bridgehead atoms. The first-order chi connectivity index (χ1) is 17.5. The minimum absolute atomic E-state index is 0. The molecule has 38 heavy (non-hydrogen) atoms. The monoisotopic (exact) mass is 573 g/mol. The van der Waals surface area contributed by atoms with E-state index in [9.17, 15) is 0 Å². The van der Waals surface area contributed by atoms with E-state index in [-0.39, 0.29) is 14.9 Å². The summed E-state index contributed by atoms with van der Waals surface area (Å²) in [6.45, 7) is 2.08. The summed E-state index contributed by atoms with van der Waals surface area (Å²) in [7, 11) is 4.19. The van der Waals surface area contributed by atoms with Crippen LogP contribution in [0.15, 0.2) is 127 Å². The Kier molecular flexibility index (Phi) is 12.4. The molecule has 0 N–H and O–H groups in total. The standard InChI is InChI=1S/C15H14N.C13H10.C6H7.2CH3.Zr/c1-16(2)14-9-5-7-12-10-11-6-3-4-8-13(11)15(12)14;1-3-7-12(8-4-1)11-13-9-5-2-6-10-13;1-6-4-2-3-5-6;;;/h3-10H,1-2H3;1-10H;4-5H,2H2,1H3;2*1H3;/q-1;;3*-1;. The van der Waals surface area contributed by atoms with Crippen molar-refractivity contribution in [2.75, 3.05) is 19.0 Å². The average Bonchev–Trinajstić information content (AvgIpc) is 3.56. The van der Waals surface area contributed by atoms with Gasteiger partial charge in [-0.05, 0) is 0 Å². The van der Waals surface area contributed by atoms with Crippen LogP contribution < -0.4 is 4.90 Å². The molecular formula is C36H37NZr-4. The van der Waals surface area contributed by atoms with Crippen LogP contribution in [0.2, 0.25) is 0 Å². The van der Waals surface area contributed by atoms with E-state index < -0.39 is 0 Å². The molecule has 0 radical (unpaired) electrons. The zero-order valence-electron chi connectivity index (χ0n) is 23.2. The fourth-order valence-electron chi connectivity index (χ4n) is 4.24. The van der Waals surface area contributed by atoms with Crippen molar-refractivity contribution in [1.82, 2.24) is 0 Å². The van der Waals surface area contributed by atoms with Crippen LogP contribution in [0.1, 0.15) is 24.5 Å². The van der Waals surface area contributed by atoms with Crippen LogP contribution >= 0.6 is 0 Å². The second-order valence-electron chi connectivity index (χ2n) is 8.98. The molecule has 0 heterocycles. The van der Waals surface area contributed by atoms with Gasteiger partial charge < -0.3 is 19.8 Å². The van der Waals surface area contributed by atoms with Crippen LogP contribution in [-0.2, 0) is 24.2 Å². The van der Waals surface area contributed by atoms with Crippen LogP contribution in [0, 0.1) is 20.9 Å². The van der Waals surface area contributed by atoms with Gasteiger partial charge in [-0.25, -0.2) is 11.6 Å². The Hall–Kier alpha value is -3.22. The van der Waals surface area contributed by atoms with Gasteiger partial charge in [-0.15, -0.1) is 47.7 Å². The van der Waals surface area contributed by atoms with Crippen molar-refractivity contribution >= 4 is 30.4 Å². The van der Waals surface area contributed by atoms with Crippen LogP contribution in [0.4, 0.5) is 5.69 Å². The van der Waals surface area contributed by atoms with Crippen molar-refractivity contribution in [1.29, 1.82) is 0 Å². The molecule has 194 valence electrons. The van der Waals surface area contributed by atoms with Crippen molar-refractivity contribution < 1.29 is 24.2 Å². The first-order valence-electron chi connectivity index (χ1n) is 12.2. The summed E-state index contributed by atoms with van der Waals surface area (Å²) in [5, 5.41) is 5.36. The van der Waals surface area contributed by atoms with Gasteiger partial charge in [0.05, 0.1) is 0 Å². The van der Waals surface area contributed by atoms with Gasteiger partial charge in [0.1, 0.15) is 0 Å². The second kappa shape index (κ2) is 15.3. The molecular weight excluding hydrogens is 538 g/mol. The third-order valence-electron chi connectivity index (χ3n) is 6.09. The van der Waals surface area contributed by atoms with Gasteiger partial charge >= 0.3 is 99.2 Å². The topological polar surface area (TPSA) is 3.24 Å². The van der Waals surface area contributed by atoms with Crippen LogP contribution in [0.5, 0.6) is 0 Å². The molecule has 0 aliphatic heterocycles. The van der Waals surface area contributed by atoms with E-state index in [0.29, 0.717) is 0 Å². The Labute approximate surface area is 244 Å². The molecule has 2 heteroatoms. The SMILES string of the molecule is CC1=CC[C-]=C1.CN(C)c1cccc2[cH-]c3ccccc3c12.[CH3-].[CH3-].[Zr]=[C](c1ccccc1)c1ccccc1. The number of hydrogen-bond donors (Lipinski definition) is 0. The molecule has 0 saturated carbocycles. The van der Waals surface area contributed by atoms with Crippen molar-refractivity contribution in [3.8, 4) is 0 Å². The molecule has 0 fully saturated rings. The summed E-state index contributed by atoms with van der Waals surface area (Å²) in [6, 6.07) is 38.4. The van der Waals surface area contributed by atoms with Crippen LogP contribution in [0.3, 0.4) is 0 Å². The van der Waals surface area contributed by atoms with Gasteiger partial charge in [0.25, 0.3) is 0 Å². The van der Waals surface area contributed by atoms with Crippen molar-refractivity contribution in [3.05, 3.63) is 159 Å². The minimum atomic E-state index is 0. The first kappa shape index (κ1) is 31.0. The molecule has 0 amide bonds. The fraction of sp³-hybridized carbons (Fsp3) is 0.111. The van der Waals surface area contributed by atoms with Gasteiger partial charge in [0.15, 0.2) is 0 Å². The van der Waals surface area contributed by atoms with Gasteiger partial charge in [0.2, 0.25) is 0 Å². The Morgan fingerprint density at radius 1 is 0.737 bits per heavy atom. The summed E-state index contributed by atoms with van der Waals surface area (Å²) in [5.41, 5.74) is 5.29. The Morgan fingerprint density at radius 2 is 1.29 bits per heavy atom. The summed E-state index contributed by atoms with van der Waals surface area (Å²) in [4.78, 5) is 2.18. The summed E-state index contributed by atoms with van der Waals surface area (Å²) in [6.07, 6.45) is 8.24. The third-order valence-corrected chi connectivity index (χ3v) is 7.51. The molecule has 1 aliphatic carbocycles. The molecule has 1 nitrogen and oxygen atoms in total. The molecule has 0 saturated heterocycles. The summed E-state index contributed by atoms with van der Waals surface area (Å²) >= 11 is 1.46. The fourth-order valence-corrected chi connectivity index (χ4v) is 5.06. The molecule has 0 spiro atoms. The molecule has 5 aromatic rings. The average molecular weight is 575 g/mol. The maximum absolute atomic E-state index is 3.05. The van der Waals surface area contributed by atoms with Gasteiger partial charge in [-0.3, -0.25) is 6.08 Å². The molecule has 1 aliphatic rings.